The Labute approximate surface area is 152 Å². The molecule has 1 unspecified atom stereocenters. The maximum atomic E-state index is 13.0. The summed E-state index contributed by atoms with van der Waals surface area (Å²) < 4.78 is 0. The third kappa shape index (κ3) is 3.01. The van der Waals surface area contributed by atoms with Crippen LogP contribution in [-0.4, -0.2) is 47.8 Å². The summed E-state index contributed by atoms with van der Waals surface area (Å²) in [4.78, 5) is 38.2. The van der Waals surface area contributed by atoms with E-state index in [9.17, 15) is 14.4 Å². The molecule has 1 aromatic carbocycles. The lowest BCUT2D eigenvalue weighted by Gasteiger charge is -2.29. The number of hydrogen-bond acceptors (Lipinski definition) is 5. The normalized spacial score (nSPS) is 28.4. The molecule has 7 heteroatoms. The number of nitrogens with one attached hydrogen (secondary N) is 3. The van der Waals surface area contributed by atoms with Crippen LogP contribution in [-0.2, 0) is 22.7 Å². The number of hydrogen-bond donors (Lipinski definition) is 3. The van der Waals surface area contributed by atoms with Crippen LogP contribution in [0.4, 0.5) is 0 Å². The van der Waals surface area contributed by atoms with Gasteiger partial charge >= 0.3 is 0 Å². The number of piperidine rings is 1. The highest BCUT2D eigenvalue weighted by Crippen LogP contribution is 2.30. The zero-order chi connectivity index (χ0) is 18.3. The van der Waals surface area contributed by atoms with Crippen molar-refractivity contribution in [3.8, 4) is 0 Å². The predicted molar refractivity (Wildman–Crippen MR) is 95.1 cm³/mol. The molecule has 3 heterocycles. The fourth-order valence-corrected chi connectivity index (χ4v) is 4.16. The van der Waals surface area contributed by atoms with Gasteiger partial charge in [0.15, 0.2) is 0 Å². The van der Waals surface area contributed by atoms with Gasteiger partial charge < -0.3 is 15.5 Å². The van der Waals surface area contributed by atoms with E-state index in [2.05, 4.69) is 22.9 Å². The number of imide groups is 1. The average Bonchev–Trinajstić information content (AvgIpc) is 3.17. The number of nitrogens with zero attached hydrogens (tertiary/aromatic N) is 1. The molecule has 3 N–H and O–H groups in total. The second-order valence-electron chi connectivity index (χ2n) is 7.47. The number of rotatable bonds is 4. The smallest absolute Gasteiger partial charge is 0.255 e. The maximum absolute atomic E-state index is 13.0. The molecular weight excluding hydrogens is 332 g/mol. The minimum absolute atomic E-state index is 0.107. The molecular formula is C19H24N4O3. The molecule has 4 rings (SSSR count). The number of carbonyl (C=O) groups excluding carboxylic acids is 3. The Bertz CT molecular complexity index is 763. The minimum atomic E-state index is -0.563. The van der Waals surface area contributed by atoms with E-state index in [1.807, 2.05) is 18.2 Å². The van der Waals surface area contributed by atoms with E-state index < -0.39 is 6.04 Å². The Morgan fingerprint density at radius 1 is 1.23 bits per heavy atom. The fourth-order valence-electron chi connectivity index (χ4n) is 4.16. The lowest BCUT2D eigenvalue weighted by molar-refractivity contribution is -0.136. The third-order valence-electron chi connectivity index (χ3n) is 5.71. The Balaban J connectivity index is 1.51. The molecule has 3 amide bonds. The Kier molecular flexibility index (Phi) is 4.50. The quantitative estimate of drug-likeness (QED) is 0.668. The van der Waals surface area contributed by atoms with Gasteiger partial charge in [-0.2, -0.15) is 0 Å². The number of fused-ring (bicyclic) bond motifs is 1. The van der Waals surface area contributed by atoms with Crippen LogP contribution in [0.1, 0.15) is 41.3 Å². The minimum Gasteiger partial charge on any atom is -0.322 e. The molecule has 0 spiro atoms. The summed E-state index contributed by atoms with van der Waals surface area (Å²) in [7, 11) is 0. The van der Waals surface area contributed by atoms with Crippen molar-refractivity contribution in [3.05, 3.63) is 34.9 Å². The fraction of sp³-hybridized carbons (Fsp3) is 0.526. The Morgan fingerprint density at radius 3 is 2.81 bits per heavy atom. The first-order chi connectivity index (χ1) is 12.5. The van der Waals surface area contributed by atoms with E-state index in [-0.39, 0.29) is 24.1 Å². The Morgan fingerprint density at radius 2 is 2.08 bits per heavy atom. The van der Waals surface area contributed by atoms with E-state index >= 15 is 0 Å². The summed E-state index contributed by atoms with van der Waals surface area (Å²) in [6.07, 6.45) is 0.667. The Hall–Kier alpha value is -2.25. The van der Waals surface area contributed by atoms with E-state index in [1.54, 1.807) is 4.90 Å². The first-order valence-corrected chi connectivity index (χ1v) is 9.24. The number of carbonyl (C=O) groups is 3. The van der Waals surface area contributed by atoms with E-state index in [0.29, 0.717) is 37.0 Å². The summed E-state index contributed by atoms with van der Waals surface area (Å²) >= 11 is 0. The molecule has 3 atom stereocenters. The van der Waals surface area contributed by atoms with Crippen molar-refractivity contribution in [1.82, 2.24) is 20.9 Å². The van der Waals surface area contributed by atoms with E-state index in [1.165, 1.54) is 0 Å². The van der Waals surface area contributed by atoms with Crippen LogP contribution in [0.25, 0.3) is 0 Å². The van der Waals surface area contributed by atoms with Crippen molar-refractivity contribution in [2.24, 2.45) is 5.92 Å². The monoisotopic (exact) mass is 356 g/mol. The van der Waals surface area contributed by atoms with Gasteiger partial charge in [-0.1, -0.05) is 25.1 Å². The molecule has 0 aromatic heterocycles. The van der Waals surface area contributed by atoms with Crippen LogP contribution in [0.5, 0.6) is 0 Å². The molecule has 0 bridgehead atoms. The van der Waals surface area contributed by atoms with Crippen LogP contribution < -0.4 is 16.0 Å². The van der Waals surface area contributed by atoms with Gasteiger partial charge in [-0.25, -0.2) is 0 Å². The largest absolute Gasteiger partial charge is 0.322 e. The lowest BCUT2D eigenvalue weighted by atomic mass is 10.0. The molecule has 0 aliphatic carbocycles. The number of benzene rings is 1. The molecule has 0 radical (unpaired) electrons. The summed E-state index contributed by atoms with van der Waals surface area (Å²) in [6, 6.07) is 5.72. The van der Waals surface area contributed by atoms with Gasteiger partial charge in [0, 0.05) is 37.7 Å². The van der Waals surface area contributed by atoms with Crippen LogP contribution in [0.15, 0.2) is 18.2 Å². The van der Waals surface area contributed by atoms with Crippen molar-refractivity contribution >= 4 is 17.7 Å². The van der Waals surface area contributed by atoms with Gasteiger partial charge in [-0.15, -0.1) is 0 Å². The summed E-state index contributed by atoms with van der Waals surface area (Å²) in [6.45, 7) is 5.22. The van der Waals surface area contributed by atoms with E-state index in [0.717, 1.165) is 24.2 Å². The zero-order valence-corrected chi connectivity index (χ0v) is 14.9. The van der Waals surface area contributed by atoms with Crippen LogP contribution >= 0.6 is 0 Å². The molecule has 1 aromatic rings. The highest BCUT2D eigenvalue weighted by molar-refractivity contribution is 6.05. The van der Waals surface area contributed by atoms with Crippen molar-refractivity contribution in [2.75, 3.05) is 13.1 Å². The van der Waals surface area contributed by atoms with Gasteiger partial charge in [0.1, 0.15) is 6.04 Å². The molecule has 138 valence electrons. The van der Waals surface area contributed by atoms with Crippen LogP contribution in [0, 0.1) is 5.92 Å². The highest BCUT2D eigenvalue weighted by atomic mass is 16.2. The maximum Gasteiger partial charge on any atom is 0.255 e. The molecule has 3 aliphatic rings. The van der Waals surface area contributed by atoms with Gasteiger partial charge in [-0.05, 0) is 30.0 Å². The predicted octanol–water partition coefficient (Wildman–Crippen LogP) is 0.145. The lowest BCUT2D eigenvalue weighted by Crippen LogP contribution is -2.52. The first kappa shape index (κ1) is 17.2. The molecule has 0 saturated carbocycles. The first-order valence-electron chi connectivity index (χ1n) is 9.24. The van der Waals surface area contributed by atoms with Gasteiger partial charge in [0.05, 0.1) is 0 Å². The van der Waals surface area contributed by atoms with Gasteiger partial charge in [0.2, 0.25) is 11.8 Å². The second kappa shape index (κ2) is 6.81. The topological polar surface area (TPSA) is 90.5 Å². The second-order valence-corrected chi connectivity index (χ2v) is 7.47. The van der Waals surface area contributed by atoms with E-state index in [4.69, 9.17) is 0 Å². The van der Waals surface area contributed by atoms with Crippen molar-refractivity contribution in [3.63, 3.8) is 0 Å². The molecule has 2 saturated heterocycles. The molecule has 2 fully saturated rings. The van der Waals surface area contributed by atoms with Crippen LogP contribution in [0.3, 0.4) is 0 Å². The highest BCUT2D eigenvalue weighted by Gasteiger charge is 2.40. The third-order valence-corrected chi connectivity index (χ3v) is 5.71. The summed E-state index contributed by atoms with van der Waals surface area (Å²) in [5.41, 5.74) is 2.64. The zero-order valence-electron chi connectivity index (χ0n) is 14.9. The van der Waals surface area contributed by atoms with Gasteiger partial charge in [-0.3, -0.25) is 19.7 Å². The summed E-state index contributed by atoms with van der Waals surface area (Å²) in [5, 5.41) is 9.26. The van der Waals surface area contributed by atoms with Gasteiger partial charge in [0.25, 0.3) is 5.91 Å². The number of amides is 3. The van der Waals surface area contributed by atoms with Crippen molar-refractivity contribution < 1.29 is 14.4 Å². The average molecular weight is 356 g/mol. The standard InChI is InChI=1S/C19H24N4O3/c1-11-7-20-9-14(11)21-8-12-3-2-4-13-10-23(19(26)17(12)13)15-5-6-16(24)22-18(15)25/h2-4,11,14-15,20-21H,5-10H2,1H3,(H,22,24,25)/t11-,14-,15?/m1/s1. The van der Waals surface area contributed by atoms with Crippen molar-refractivity contribution in [1.29, 1.82) is 0 Å². The molecule has 26 heavy (non-hydrogen) atoms. The summed E-state index contributed by atoms with van der Waals surface area (Å²) in [5.74, 6) is -0.181. The molecule has 3 aliphatic heterocycles. The molecule has 7 nitrogen and oxygen atoms in total. The van der Waals surface area contributed by atoms with Crippen molar-refractivity contribution in [2.45, 2.75) is 44.9 Å². The van der Waals surface area contributed by atoms with Crippen LogP contribution in [0.2, 0.25) is 0 Å². The SMILES string of the molecule is C[C@@H]1CNC[C@H]1NCc1cccc2c1C(=O)N(C1CCC(=O)NC1=O)C2.